The molecule has 158 valence electrons. The summed E-state index contributed by atoms with van der Waals surface area (Å²) < 4.78 is 51.9. The van der Waals surface area contributed by atoms with Gasteiger partial charge in [-0.2, -0.15) is 4.98 Å². The largest absolute Gasteiger partial charge is 0.573 e. The quantitative estimate of drug-likeness (QED) is 0.649. The topological polar surface area (TPSA) is 77.7 Å². The second-order valence-corrected chi connectivity index (χ2v) is 7.05. The first-order valence-electron chi connectivity index (χ1n) is 9.16. The molecule has 3 rings (SSSR count). The highest BCUT2D eigenvalue weighted by molar-refractivity contribution is 5.48. The van der Waals surface area contributed by atoms with Gasteiger partial charge < -0.3 is 18.9 Å². The number of likely N-dealkylation sites (tertiary alicyclic amines) is 1. The van der Waals surface area contributed by atoms with Gasteiger partial charge in [0.25, 0.3) is 0 Å². The number of hydrogen-bond acceptors (Lipinski definition) is 6. The van der Waals surface area contributed by atoms with Crippen LogP contribution in [-0.4, -0.2) is 54.6 Å². The number of benzene rings is 1. The Morgan fingerprint density at radius 3 is 2.72 bits per heavy atom. The molecular formula is C19H22F3N3O4. The second kappa shape index (κ2) is 8.81. The molecule has 1 amide bonds. The molecule has 1 fully saturated rings. The first kappa shape index (κ1) is 21.1. The Labute approximate surface area is 165 Å². The fourth-order valence-corrected chi connectivity index (χ4v) is 3.53. The molecule has 0 radical (unpaired) electrons. The summed E-state index contributed by atoms with van der Waals surface area (Å²) in [5.74, 6) is 0.508. The van der Waals surface area contributed by atoms with Crippen molar-refractivity contribution >= 4 is 6.41 Å². The van der Waals surface area contributed by atoms with Crippen LogP contribution in [0.1, 0.15) is 41.1 Å². The third kappa shape index (κ3) is 5.47. The number of methoxy groups -OCH3 is 1. The molecule has 10 heteroatoms. The van der Waals surface area contributed by atoms with Crippen LogP contribution in [0.2, 0.25) is 0 Å². The highest BCUT2D eigenvalue weighted by Crippen LogP contribution is 2.37. The maximum absolute atomic E-state index is 12.5. The predicted molar refractivity (Wildman–Crippen MR) is 95.5 cm³/mol. The maximum atomic E-state index is 12.5. The van der Waals surface area contributed by atoms with Gasteiger partial charge in [-0.1, -0.05) is 17.3 Å². The Bertz CT molecular complexity index is 840. The van der Waals surface area contributed by atoms with E-state index in [9.17, 15) is 18.0 Å². The van der Waals surface area contributed by atoms with Gasteiger partial charge >= 0.3 is 6.36 Å². The summed E-state index contributed by atoms with van der Waals surface area (Å²) in [5, 5.41) is 3.94. The summed E-state index contributed by atoms with van der Waals surface area (Å²) in [5.41, 5.74) is 1.20. The number of amides is 1. The number of aryl methyl sites for hydroxylation is 1. The van der Waals surface area contributed by atoms with E-state index in [1.807, 2.05) is 0 Å². The Morgan fingerprint density at radius 1 is 1.31 bits per heavy atom. The minimum absolute atomic E-state index is 0.0769. The highest BCUT2D eigenvalue weighted by Gasteiger charge is 2.34. The average Bonchev–Trinajstić information content (AvgIpc) is 3.15. The average molecular weight is 413 g/mol. The number of halogens is 3. The molecule has 2 heterocycles. The first-order valence-corrected chi connectivity index (χ1v) is 9.16. The van der Waals surface area contributed by atoms with Crippen molar-refractivity contribution in [2.24, 2.45) is 0 Å². The van der Waals surface area contributed by atoms with Crippen LogP contribution in [-0.2, 0) is 16.0 Å². The number of carbonyl (C=O) groups excluding carboxylic acids is 1. The molecule has 29 heavy (non-hydrogen) atoms. The van der Waals surface area contributed by atoms with Crippen LogP contribution in [0.15, 0.2) is 22.7 Å². The Balaban J connectivity index is 1.77. The van der Waals surface area contributed by atoms with E-state index in [2.05, 4.69) is 14.9 Å². The summed E-state index contributed by atoms with van der Waals surface area (Å²) in [6.45, 7) is 2.94. The molecule has 7 nitrogen and oxygen atoms in total. The van der Waals surface area contributed by atoms with Crippen LogP contribution in [0.25, 0.3) is 0 Å². The summed E-state index contributed by atoms with van der Waals surface area (Å²) in [7, 11) is 1.59. The van der Waals surface area contributed by atoms with Crippen LogP contribution < -0.4 is 4.74 Å². The van der Waals surface area contributed by atoms with Crippen molar-refractivity contribution < 1.29 is 32.0 Å². The van der Waals surface area contributed by atoms with Gasteiger partial charge in [-0.3, -0.25) is 4.79 Å². The Kier molecular flexibility index (Phi) is 6.41. The van der Waals surface area contributed by atoms with Crippen LogP contribution in [0.3, 0.4) is 0 Å². The van der Waals surface area contributed by atoms with E-state index in [1.165, 1.54) is 6.07 Å². The van der Waals surface area contributed by atoms with Crippen molar-refractivity contribution in [3.8, 4) is 5.75 Å². The number of nitrogens with zero attached hydrogens (tertiary/aromatic N) is 3. The Morgan fingerprint density at radius 2 is 2.07 bits per heavy atom. The van der Waals surface area contributed by atoms with Crippen LogP contribution in [0, 0.1) is 6.92 Å². The molecule has 1 aromatic carbocycles. The van der Waals surface area contributed by atoms with E-state index in [1.54, 1.807) is 31.1 Å². The summed E-state index contributed by atoms with van der Waals surface area (Å²) in [4.78, 5) is 17.4. The lowest BCUT2D eigenvalue weighted by atomic mass is 9.84. The van der Waals surface area contributed by atoms with Crippen molar-refractivity contribution in [1.82, 2.24) is 15.0 Å². The van der Waals surface area contributed by atoms with E-state index in [0.29, 0.717) is 49.8 Å². The zero-order valence-corrected chi connectivity index (χ0v) is 16.1. The standard InChI is InChI=1S/C19H22F3N3O4/c1-12-7-13(3-4-16(12)28-19(20,21)22)14-8-15(10-25(9-14)11-26)18-23-17(24-29-18)5-6-27-2/h3-4,7,11,14-15H,5-6,8-10H2,1-2H3. The SMILES string of the molecule is COCCc1noc(C2CC(c3ccc(OC(F)(F)F)c(C)c3)CN(C=O)C2)n1. The van der Waals surface area contributed by atoms with Gasteiger partial charge in [0, 0.05) is 32.5 Å². The minimum Gasteiger partial charge on any atom is -0.406 e. The number of hydrogen-bond donors (Lipinski definition) is 0. The van der Waals surface area contributed by atoms with Gasteiger partial charge in [0.1, 0.15) is 5.75 Å². The molecule has 0 spiro atoms. The lowest BCUT2D eigenvalue weighted by Crippen LogP contribution is -2.37. The second-order valence-electron chi connectivity index (χ2n) is 7.05. The van der Waals surface area contributed by atoms with Crippen LogP contribution in [0.4, 0.5) is 13.2 Å². The number of piperidine rings is 1. The van der Waals surface area contributed by atoms with E-state index >= 15 is 0 Å². The minimum atomic E-state index is -4.74. The molecule has 1 aromatic heterocycles. The highest BCUT2D eigenvalue weighted by atomic mass is 19.4. The number of aromatic nitrogens is 2. The molecule has 0 bridgehead atoms. The lowest BCUT2D eigenvalue weighted by molar-refractivity contribution is -0.274. The van der Waals surface area contributed by atoms with E-state index in [4.69, 9.17) is 9.26 Å². The van der Waals surface area contributed by atoms with Gasteiger partial charge in [0.15, 0.2) is 5.82 Å². The van der Waals surface area contributed by atoms with Crippen molar-refractivity contribution in [2.75, 3.05) is 26.8 Å². The van der Waals surface area contributed by atoms with Gasteiger partial charge in [-0.15, -0.1) is 13.2 Å². The molecule has 2 aromatic rings. The lowest BCUT2D eigenvalue weighted by Gasteiger charge is -2.34. The van der Waals surface area contributed by atoms with Gasteiger partial charge in [0.2, 0.25) is 12.3 Å². The normalized spacial score (nSPS) is 20.0. The molecule has 1 aliphatic rings. The van der Waals surface area contributed by atoms with Gasteiger partial charge in [0.05, 0.1) is 12.5 Å². The molecule has 1 saturated heterocycles. The first-order chi connectivity index (χ1) is 13.8. The maximum Gasteiger partial charge on any atom is 0.573 e. The third-order valence-corrected chi connectivity index (χ3v) is 4.89. The fraction of sp³-hybridized carbons (Fsp3) is 0.526. The number of rotatable bonds is 7. The molecule has 0 aliphatic carbocycles. The zero-order valence-electron chi connectivity index (χ0n) is 16.1. The number of ether oxygens (including phenoxy) is 2. The van der Waals surface area contributed by atoms with Crippen molar-refractivity contribution in [2.45, 2.75) is 38.0 Å². The van der Waals surface area contributed by atoms with Crippen LogP contribution >= 0.6 is 0 Å². The van der Waals surface area contributed by atoms with Gasteiger partial charge in [-0.05, 0) is 30.5 Å². The van der Waals surface area contributed by atoms with Crippen molar-refractivity contribution in [1.29, 1.82) is 0 Å². The number of carbonyl (C=O) groups is 1. The third-order valence-electron chi connectivity index (χ3n) is 4.89. The molecule has 0 saturated carbocycles. The molecule has 0 N–H and O–H groups in total. The van der Waals surface area contributed by atoms with Crippen molar-refractivity contribution in [3.63, 3.8) is 0 Å². The summed E-state index contributed by atoms with van der Waals surface area (Å²) in [6.07, 6.45) is -2.83. The smallest absolute Gasteiger partial charge is 0.406 e. The fourth-order valence-electron chi connectivity index (χ4n) is 3.53. The van der Waals surface area contributed by atoms with Gasteiger partial charge in [-0.25, -0.2) is 0 Å². The van der Waals surface area contributed by atoms with E-state index in [0.717, 1.165) is 12.0 Å². The van der Waals surface area contributed by atoms with Crippen molar-refractivity contribution in [3.05, 3.63) is 41.0 Å². The Hall–Kier alpha value is -2.62. The molecular weight excluding hydrogens is 391 g/mol. The predicted octanol–water partition coefficient (Wildman–Crippen LogP) is 3.20. The zero-order chi connectivity index (χ0) is 21.0. The molecule has 2 atom stereocenters. The molecule has 1 aliphatic heterocycles. The monoisotopic (exact) mass is 413 g/mol. The number of alkyl halides is 3. The molecule has 2 unspecified atom stereocenters. The van der Waals surface area contributed by atoms with Crippen LogP contribution in [0.5, 0.6) is 5.75 Å². The van der Waals surface area contributed by atoms with E-state index in [-0.39, 0.29) is 17.6 Å². The summed E-state index contributed by atoms with van der Waals surface area (Å²) >= 11 is 0. The summed E-state index contributed by atoms with van der Waals surface area (Å²) in [6, 6.07) is 4.57. The van der Waals surface area contributed by atoms with E-state index < -0.39 is 6.36 Å².